The maximum Gasteiger partial charge on any atom is 0.352 e. The number of benzene rings is 3. The van der Waals surface area contributed by atoms with Crippen LogP contribution >= 0.6 is 22.7 Å². The Morgan fingerprint density at radius 1 is 0.662 bits per heavy atom. The van der Waals surface area contributed by atoms with Gasteiger partial charge in [0.2, 0.25) is 0 Å². The summed E-state index contributed by atoms with van der Waals surface area (Å²) in [6, 6.07) is 17.6. The lowest BCUT2D eigenvalue weighted by molar-refractivity contribution is 0.0679. The average molecular weight is 916 g/mol. The van der Waals surface area contributed by atoms with Gasteiger partial charge in [-0.2, -0.15) is 0 Å². The average Bonchev–Trinajstić information content (AvgIpc) is 4.15. The highest BCUT2D eigenvalue weighted by molar-refractivity contribution is 7.14. The molecule has 0 bridgehead atoms. The van der Waals surface area contributed by atoms with Crippen LogP contribution in [0.5, 0.6) is 0 Å². The highest BCUT2D eigenvalue weighted by atomic mass is 32.1. The second-order valence-electron chi connectivity index (χ2n) is 15.0. The van der Waals surface area contributed by atoms with E-state index in [4.69, 9.17) is 11.5 Å². The van der Waals surface area contributed by atoms with Crippen LogP contribution in [0.4, 0.5) is 10.3 Å². The smallest absolute Gasteiger partial charge is 0.352 e. The molecule has 0 saturated carbocycles. The molecule has 65 heavy (non-hydrogen) atoms. The Hall–Kier alpha value is -7.32. The number of nitrogens with zero attached hydrogens (tertiary/aromatic N) is 2. The highest BCUT2D eigenvalue weighted by Gasteiger charge is 2.21. The normalized spacial score (nSPS) is 11.1. The summed E-state index contributed by atoms with van der Waals surface area (Å²) in [5.41, 5.74) is 17.2. The van der Waals surface area contributed by atoms with Crippen LogP contribution in [-0.2, 0) is 19.3 Å². The molecule has 334 valence electrons. The Balaban J connectivity index is 0.000000199. The molecule has 0 aliphatic carbocycles. The number of amides is 2. The van der Waals surface area contributed by atoms with Crippen molar-refractivity contribution >= 4 is 101 Å². The summed E-state index contributed by atoms with van der Waals surface area (Å²) < 4.78 is 0. The molecule has 0 atom stereocenters. The second-order valence-corrected chi connectivity index (χ2v) is 16.7. The molecule has 17 nitrogen and oxygen atoms in total. The minimum Gasteiger partial charge on any atom is -0.477 e. The second kappa shape index (κ2) is 20.5. The first-order valence-electron chi connectivity index (χ1n) is 20.7. The zero-order valence-electron chi connectivity index (χ0n) is 35.1. The number of nitrogens with one attached hydrogen (secondary N) is 5. The Labute approximate surface area is 378 Å². The van der Waals surface area contributed by atoms with Crippen molar-refractivity contribution in [1.29, 1.82) is 0 Å². The molecule has 0 spiro atoms. The van der Waals surface area contributed by atoms with Crippen LogP contribution in [0.25, 0.3) is 32.7 Å². The number of aromatic amines is 3. The number of fused-ring (bicyclic) bond motifs is 3. The van der Waals surface area contributed by atoms with Gasteiger partial charge in [0.15, 0.2) is 21.8 Å². The fraction of sp³-hybridized carbons (Fsp3) is 0.217. The molecular weight excluding hydrogens is 871 g/mol. The van der Waals surface area contributed by atoms with E-state index in [0.29, 0.717) is 111 Å². The standard InChI is InChI=1S/C26H23N5O4S.C20H22N4O4S/c27-9-2-4-17-18-11-15(6-7-20(18)29-23(17)25(34)35)24(33)31-26-30-21(13-36-26)22(32)12-14-3-1-5-19-16(14)8-10-28-19;1-2-4-16(25)15-10-29-20(23-15)24-18(26)11-6-7-14-13(9-11)12(5-3-8-21)17(22-14)19(27)28/h1,3,5-8,10-11,13,28-29H,2,4,9,12,27H2,(H,34,35)(H,30,31,33);6-7,9-10,22H,2-5,8,21H2,1H3,(H,27,28)(H,23,24,26). The Kier molecular flexibility index (Phi) is 14.4. The third-order valence-electron chi connectivity index (χ3n) is 10.6. The van der Waals surface area contributed by atoms with Gasteiger partial charge in [-0.05, 0) is 110 Å². The van der Waals surface area contributed by atoms with Crippen LogP contribution in [0, 0.1) is 0 Å². The van der Waals surface area contributed by atoms with Gasteiger partial charge in [0.05, 0.1) is 0 Å². The molecule has 0 aliphatic rings. The van der Waals surface area contributed by atoms with E-state index in [1.165, 1.54) is 22.7 Å². The van der Waals surface area contributed by atoms with Crippen molar-refractivity contribution in [1.82, 2.24) is 24.9 Å². The van der Waals surface area contributed by atoms with Gasteiger partial charge in [0, 0.05) is 73.6 Å². The minimum atomic E-state index is -1.06. The molecule has 5 aromatic heterocycles. The first-order valence-corrected chi connectivity index (χ1v) is 22.5. The van der Waals surface area contributed by atoms with Crippen molar-refractivity contribution in [2.24, 2.45) is 11.5 Å². The topological polar surface area (TPSA) is 292 Å². The Morgan fingerprint density at radius 3 is 1.68 bits per heavy atom. The zero-order valence-corrected chi connectivity index (χ0v) is 36.7. The maximum absolute atomic E-state index is 12.9. The maximum atomic E-state index is 12.9. The van der Waals surface area contributed by atoms with E-state index < -0.39 is 17.8 Å². The van der Waals surface area contributed by atoms with E-state index in [1.54, 1.807) is 47.2 Å². The van der Waals surface area contributed by atoms with Crippen molar-refractivity contribution in [3.63, 3.8) is 0 Å². The van der Waals surface area contributed by atoms with E-state index in [9.17, 15) is 39.0 Å². The largest absolute Gasteiger partial charge is 0.477 e. The Bertz CT molecular complexity index is 3080. The number of carboxylic acid groups (broad SMARTS) is 2. The number of anilines is 2. The summed E-state index contributed by atoms with van der Waals surface area (Å²) in [7, 11) is 0. The molecule has 0 radical (unpaired) electrons. The molecule has 11 N–H and O–H groups in total. The molecule has 3 aromatic carbocycles. The van der Waals surface area contributed by atoms with Crippen LogP contribution in [0.15, 0.2) is 77.6 Å². The number of Topliss-reactive ketones (excluding diaryl/α,β-unsaturated/α-hetero) is 2. The summed E-state index contributed by atoms with van der Waals surface area (Å²) in [5, 5.41) is 30.7. The number of ketones is 2. The number of hydrogen-bond acceptors (Lipinski definition) is 12. The minimum absolute atomic E-state index is 0.0521. The van der Waals surface area contributed by atoms with Gasteiger partial charge in [-0.25, -0.2) is 19.6 Å². The summed E-state index contributed by atoms with van der Waals surface area (Å²) in [6.07, 6.45) is 5.43. The van der Waals surface area contributed by atoms with E-state index in [1.807, 2.05) is 37.4 Å². The quantitative estimate of drug-likeness (QED) is 0.0372. The fourth-order valence-electron chi connectivity index (χ4n) is 7.40. The number of aromatic nitrogens is 5. The molecule has 0 fully saturated rings. The SMILES string of the molecule is CCCC(=O)c1csc(NC(=O)c2ccc3[nH]c(C(=O)O)c(CCCN)c3c2)n1.NCCCc1c(C(=O)O)[nH]c2ccc(C(=O)Nc3nc(C(=O)Cc4cccc5[nH]ccc45)cs3)cc12. The van der Waals surface area contributed by atoms with Gasteiger partial charge < -0.3 is 36.6 Å². The summed E-state index contributed by atoms with van der Waals surface area (Å²) in [6.45, 7) is 2.79. The van der Waals surface area contributed by atoms with Crippen molar-refractivity contribution in [3.05, 3.63) is 128 Å². The summed E-state index contributed by atoms with van der Waals surface area (Å²) >= 11 is 2.37. The molecule has 0 aliphatic heterocycles. The van der Waals surface area contributed by atoms with Gasteiger partial charge in [0.25, 0.3) is 11.8 Å². The van der Waals surface area contributed by atoms with E-state index in [0.717, 1.165) is 22.9 Å². The number of aryl methyl sites for hydroxylation is 2. The first kappa shape index (κ1) is 45.7. The van der Waals surface area contributed by atoms with Crippen molar-refractivity contribution in [2.45, 2.75) is 51.9 Å². The third kappa shape index (κ3) is 10.4. The first-order chi connectivity index (χ1) is 31.4. The molecule has 0 unspecified atom stereocenters. The number of carbonyl (C=O) groups excluding carboxylic acids is 4. The van der Waals surface area contributed by atoms with Crippen LogP contribution in [0.2, 0.25) is 0 Å². The number of thiazole rings is 2. The van der Waals surface area contributed by atoms with Crippen molar-refractivity contribution in [2.75, 3.05) is 23.7 Å². The number of carbonyl (C=O) groups is 6. The van der Waals surface area contributed by atoms with Crippen molar-refractivity contribution < 1.29 is 39.0 Å². The highest BCUT2D eigenvalue weighted by Crippen LogP contribution is 2.29. The lowest BCUT2D eigenvalue weighted by Crippen LogP contribution is -2.12. The van der Waals surface area contributed by atoms with Gasteiger partial charge >= 0.3 is 11.9 Å². The summed E-state index contributed by atoms with van der Waals surface area (Å²) in [5.74, 6) is -3.07. The van der Waals surface area contributed by atoms with Crippen LogP contribution in [-0.4, -0.2) is 83.5 Å². The predicted octanol–water partition coefficient (Wildman–Crippen LogP) is 7.82. The lowest BCUT2D eigenvalue weighted by Gasteiger charge is -2.04. The molecule has 2 amide bonds. The number of aromatic carboxylic acids is 2. The van der Waals surface area contributed by atoms with Gasteiger partial charge in [-0.3, -0.25) is 29.8 Å². The number of nitrogens with two attached hydrogens (primary N) is 2. The van der Waals surface area contributed by atoms with Gasteiger partial charge in [0.1, 0.15) is 22.8 Å². The molecule has 5 heterocycles. The van der Waals surface area contributed by atoms with Crippen molar-refractivity contribution in [3.8, 4) is 0 Å². The molecule has 8 rings (SSSR count). The number of H-pyrrole nitrogens is 3. The molecule has 8 aromatic rings. The van der Waals surface area contributed by atoms with Crippen LogP contribution < -0.4 is 22.1 Å². The van der Waals surface area contributed by atoms with Crippen LogP contribution in [0.3, 0.4) is 0 Å². The number of hydrogen-bond donors (Lipinski definition) is 9. The molecule has 19 heteroatoms. The third-order valence-corrected chi connectivity index (χ3v) is 12.1. The van der Waals surface area contributed by atoms with Gasteiger partial charge in [-0.1, -0.05) is 19.1 Å². The molecular formula is C46H45N9O8S2. The number of rotatable bonds is 18. The van der Waals surface area contributed by atoms with Gasteiger partial charge in [-0.15, -0.1) is 22.7 Å². The number of carboxylic acids is 2. The Morgan fingerprint density at radius 2 is 1.18 bits per heavy atom. The predicted molar refractivity (Wildman–Crippen MR) is 251 cm³/mol. The van der Waals surface area contributed by atoms with E-state index in [-0.39, 0.29) is 35.3 Å². The van der Waals surface area contributed by atoms with E-state index in [2.05, 4.69) is 35.6 Å². The lowest BCUT2D eigenvalue weighted by atomic mass is 10.0. The monoisotopic (exact) mass is 915 g/mol. The van der Waals surface area contributed by atoms with Crippen LogP contribution in [0.1, 0.15) is 112 Å². The summed E-state index contributed by atoms with van der Waals surface area (Å²) in [4.78, 5) is 91.0. The van der Waals surface area contributed by atoms with E-state index >= 15 is 0 Å². The fourth-order valence-corrected chi connectivity index (χ4v) is 8.82. The zero-order chi connectivity index (χ0) is 46.2. The molecule has 0 saturated heterocycles.